The average Bonchev–Trinajstić information content (AvgIpc) is 2.41. The van der Waals surface area contributed by atoms with E-state index >= 15 is 0 Å². The van der Waals surface area contributed by atoms with Crippen molar-refractivity contribution in [3.05, 3.63) is 11.9 Å². The van der Waals surface area contributed by atoms with Gasteiger partial charge in [0.25, 0.3) is 0 Å². The molecule has 2 rings (SSSR count). The molecule has 7 heteroatoms. The van der Waals surface area contributed by atoms with Gasteiger partial charge in [0.15, 0.2) is 9.84 Å². The third-order valence-corrected chi connectivity index (χ3v) is 5.02. The lowest BCUT2D eigenvalue weighted by molar-refractivity contribution is 0.586. The fourth-order valence-corrected chi connectivity index (χ4v) is 3.60. The molecule has 1 N–H and O–H groups in total. The quantitative estimate of drug-likeness (QED) is 0.877. The predicted octanol–water partition coefficient (Wildman–Crippen LogP) is 1.10. The van der Waals surface area contributed by atoms with Gasteiger partial charge in [-0.05, 0) is 13.3 Å². The standard InChI is InChI=1S/C13H22N4O2S/c1-3-5-11-12(14-4-2)15-10-16-13(11)17-6-8-20(18,19)9-7-17/h10H,3-9H2,1-2H3,(H,14,15,16). The van der Waals surface area contributed by atoms with Crippen LogP contribution in [0, 0.1) is 0 Å². The van der Waals surface area contributed by atoms with Crippen molar-refractivity contribution in [3.63, 3.8) is 0 Å². The Labute approximate surface area is 120 Å². The molecule has 0 spiro atoms. The molecule has 112 valence electrons. The zero-order chi connectivity index (χ0) is 14.6. The van der Waals surface area contributed by atoms with E-state index in [4.69, 9.17) is 0 Å². The highest BCUT2D eigenvalue weighted by Gasteiger charge is 2.25. The van der Waals surface area contributed by atoms with Gasteiger partial charge in [-0.1, -0.05) is 13.3 Å². The van der Waals surface area contributed by atoms with E-state index in [1.165, 1.54) is 0 Å². The number of anilines is 2. The molecule has 20 heavy (non-hydrogen) atoms. The van der Waals surface area contributed by atoms with Crippen molar-refractivity contribution >= 4 is 21.5 Å². The Morgan fingerprint density at radius 3 is 2.55 bits per heavy atom. The maximum absolute atomic E-state index is 11.5. The molecule has 1 aliphatic heterocycles. The third-order valence-electron chi connectivity index (χ3n) is 3.41. The number of sulfone groups is 1. The van der Waals surface area contributed by atoms with Gasteiger partial charge < -0.3 is 10.2 Å². The first-order chi connectivity index (χ1) is 9.57. The summed E-state index contributed by atoms with van der Waals surface area (Å²) in [5, 5.41) is 3.26. The minimum absolute atomic E-state index is 0.207. The topological polar surface area (TPSA) is 75.2 Å². The molecule has 0 radical (unpaired) electrons. The van der Waals surface area contributed by atoms with Crippen molar-refractivity contribution < 1.29 is 8.42 Å². The molecule has 6 nitrogen and oxygen atoms in total. The highest BCUT2D eigenvalue weighted by Crippen LogP contribution is 2.26. The van der Waals surface area contributed by atoms with Crippen LogP contribution in [0.2, 0.25) is 0 Å². The summed E-state index contributed by atoms with van der Waals surface area (Å²) < 4.78 is 23.1. The van der Waals surface area contributed by atoms with Gasteiger partial charge in [0.05, 0.1) is 11.5 Å². The Hall–Kier alpha value is -1.37. The summed E-state index contributed by atoms with van der Waals surface area (Å²) in [4.78, 5) is 10.8. The van der Waals surface area contributed by atoms with Crippen LogP contribution in [0.3, 0.4) is 0 Å². The first-order valence-electron chi connectivity index (χ1n) is 7.10. The SMILES string of the molecule is CCCc1c(NCC)ncnc1N1CCS(=O)(=O)CC1. The second-order valence-electron chi connectivity index (χ2n) is 4.94. The first-order valence-corrected chi connectivity index (χ1v) is 8.92. The van der Waals surface area contributed by atoms with Gasteiger partial charge in [-0.3, -0.25) is 0 Å². The summed E-state index contributed by atoms with van der Waals surface area (Å²) in [5.74, 6) is 2.17. The van der Waals surface area contributed by atoms with Crippen LogP contribution in [0.15, 0.2) is 6.33 Å². The van der Waals surface area contributed by atoms with Crippen LogP contribution < -0.4 is 10.2 Å². The number of rotatable bonds is 5. The Bertz CT molecular complexity index is 545. The largest absolute Gasteiger partial charge is 0.370 e. The molecule has 1 aromatic heterocycles. The second kappa shape index (κ2) is 6.39. The van der Waals surface area contributed by atoms with Crippen LogP contribution in [0.5, 0.6) is 0 Å². The molecular weight excluding hydrogens is 276 g/mol. The number of hydrogen-bond acceptors (Lipinski definition) is 6. The van der Waals surface area contributed by atoms with Gasteiger partial charge in [0, 0.05) is 25.2 Å². The van der Waals surface area contributed by atoms with E-state index in [1.54, 1.807) is 6.33 Å². The zero-order valence-corrected chi connectivity index (χ0v) is 12.9. The molecule has 2 heterocycles. The van der Waals surface area contributed by atoms with Gasteiger partial charge in [0.1, 0.15) is 18.0 Å². The summed E-state index contributed by atoms with van der Waals surface area (Å²) >= 11 is 0. The number of hydrogen-bond donors (Lipinski definition) is 1. The predicted molar refractivity (Wildman–Crippen MR) is 81.1 cm³/mol. The van der Waals surface area contributed by atoms with E-state index < -0.39 is 9.84 Å². The molecule has 1 saturated heterocycles. The molecule has 0 aromatic carbocycles. The summed E-state index contributed by atoms with van der Waals surface area (Å²) in [6, 6.07) is 0. The van der Waals surface area contributed by atoms with Gasteiger partial charge in [0.2, 0.25) is 0 Å². The van der Waals surface area contributed by atoms with Gasteiger partial charge in [-0.2, -0.15) is 0 Å². The summed E-state index contributed by atoms with van der Waals surface area (Å²) in [7, 11) is -2.87. The van der Waals surface area contributed by atoms with Crippen LogP contribution in [-0.4, -0.2) is 49.5 Å². The van der Waals surface area contributed by atoms with E-state index in [9.17, 15) is 8.42 Å². The van der Waals surface area contributed by atoms with E-state index in [0.29, 0.717) is 13.1 Å². The molecule has 0 atom stereocenters. The van der Waals surface area contributed by atoms with Crippen LogP contribution >= 0.6 is 0 Å². The van der Waals surface area contributed by atoms with E-state index in [-0.39, 0.29) is 11.5 Å². The fourth-order valence-electron chi connectivity index (χ4n) is 2.40. The van der Waals surface area contributed by atoms with Crippen LogP contribution in [0.25, 0.3) is 0 Å². The van der Waals surface area contributed by atoms with Crippen LogP contribution in [0.4, 0.5) is 11.6 Å². The Morgan fingerprint density at radius 1 is 1.25 bits per heavy atom. The maximum atomic E-state index is 11.5. The zero-order valence-electron chi connectivity index (χ0n) is 12.1. The third kappa shape index (κ3) is 3.39. The molecule has 1 aliphatic rings. The molecular formula is C13H22N4O2S. The normalized spacial score (nSPS) is 18.0. The first kappa shape index (κ1) is 15.0. The van der Waals surface area contributed by atoms with Crippen molar-refractivity contribution in [1.82, 2.24) is 9.97 Å². The Morgan fingerprint density at radius 2 is 1.95 bits per heavy atom. The van der Waals surface area contributed by atoms with E-state index in [2.05, 4.69) is 27.1 Å². The van der Waals surface area contributed by atoms with Gasteiger partial charge in [-0.25, -0.2) is 18.4 Å². The highest BCUT2D eigenvalue weighted by molar-refractivity contribution is 7.91. The monoisotopic (exact) mass is 298 g/mol. The minimum Gasteiger partial charge on any atom is -0.370 e. The molecule has 0 saturated carbocycles. The molecule has 0 amide bonds. The fraction of sp³-hybridized carbons (Fsp3) is 0.692. The number of nitrogens with one attached hydrogen (secondary N) is 1. The Kier molecular flexibility index (Phi) is 4.80. The van der Waals surface area contributed by atoms with Crippen molar-refractivity contribution in [1.29, 1.82) is 0 Å². The number of nitrogens with zero attached hydrogens (tertiary/aromatic N) is 3. The lowest BCUT2D eigenvalue weighted by Gasteiger charge is -2.29. The van der Waals surface area contributed by atoms with Gasteiger partial charge in [-0.15, -0.1) is 0 Å². The van der Waals surface area contributed by atoms with Crippen molar-refractivity contribution in [3.8, 4) is 0 Å². The summed E-state index contributed by atoms with van der Waals surface area (Å²) in [5.41, 5.74) is 1.09. The summed E-state index contributed by atoms with van der Waals surface area (Å²) in [6.07, 6.45) is 3.45. The molecule has 1 fully saturated rings. The van der Waals surface area contributed by atoms with Crippen LogP contribution in [0.1, 0.15) is 25.8 Å². The molecule has 1 aromatic rings. The van der Waals surface area contributed by atoms with Crippen LogP contribution in [-0.2, 0) is 16.3 Å². The van der Waals surface area contributed by atoms with Crippen molar-refractivity contribution in [2.45, 2.75) is 26.7 Å². The van der Waals surface area contributed by atoms with E-state index in [1.807, 2.05) is 6.92 Å². The number of aromatic nitrogens is 2. The Balaban J connectivity index is 2.28. The lowest BCUT2D eigenvalue weighted by Crippen LogP contribution is -2.41. The average molecular weight is 298 g/mol. The van der Waals surface area contributed by atoms with E-state index in [0.717, 1.165) is 36.6 Å². The minimum atomic E-state index is -2.87. The second-order valence-corrected chi connectivity index (χ2v) is 7.25. The lowest BCUT2D eigenvalue weighted by atomic mass is 10.1. The van der Waals surface area contributed by atoms with Gasteiger partial charge >= 0.3 is 0 Å². The maximum Gasteiger partial charge on any atom is 0.153 e. The molecule has 0 bridgehead atoms. The summed E-state index contributed by atoms with van der Waals surface area (Å²) in [6.45, 7) is 5.99. The van der Waals surface area contributed by atoms with Crippen molar-refractivity contribution in [2.24, 2.45) is 0 Å². The highest BCUT2D eigenvalue weighted by atomic mass is 32.2. The smallest absolute Gasteiger partial charge is 0.153 e. The molecule has 0 aliphatic carbocycles. The molecule has 0 unspecified atom stereocenters. The van der Waals surface area contributed by atoms with Crippen molar-refractivity contribution in [2.75, 3.05) is 41.4 Å².